The molecule has 1 amide bonds. The van der Waals surface area contributed by atoms with Crippen LogP contribution in [0.15, 0.2) is 61.1 Å². The van der Waals surface area contributed by atoms with E-state index in [0.29, 0.717) is 6.54 Å². The molecule has 1 aromatic carbocycles. The van der Waals surface area contributed by atoms with E-state index < -0.39 is 0 Å². The molecule has 0 N–H and O–H groups in total. The standard InChI is InChI=1S/C24H26N4O/c1-17(2)24(29)28-14-6-9-20(16-28)22-21(18-10-12-25-13-11-18)15-26-23(27-22)19-7-4-3-5-8-19/h3-5,7-8,10-13,15,17,20H,6,9,14,16H2,1-2H3. The normalized spacial score (nSPS) is 16.8. The SMILES string of the molecule is CC(C)C(=O)N1CCCC(c2nc(-c3ccccc3)ncc2-c2ccncc2)C1. The number of carbonyl (C=O) groups is 1. The zero-order valence-corrected chi connectivity index (χ0v) is 17.0. The van der Waals surface area contributed by atoms with Crippen molar-refractivity contribution in [2.45, 2.75) is 32.6 Å². The van der Waals surface area contributed by atoms with E-state index >= 15 is 0 Å². The summed E-state index contributed by atoms with van der Waals surface area (Å²) in [5.41, 5.74) is 4.10. The van der Waals surface area contributed by atoms with Crippen molar-refractivity contribution in [2.24, 2.45) is 5.92 Å². The van der Waals surface area contributed by atoms with Gasteiger partial charge < -0.3 is 4.90 Å². The van der Waals surface area contributed by atoms with Crippen LogP contribution in [0.25, 0.3) is 22.5 Å². The highest BCUT2D eigenvalue weighted by atomic mass is 16.2. The lowest BCUT2D eigenvalue weighted by molar-refractivity contribution is -0.135. The van der Waals surface area contributed by atoms with Crippen molar-refractivity contribution < 1.29 is 4.79 Å². The largest absolute Gasteiger partial charge is 0.342 e. The van der Waals surface area contributed by atoms with E-state index in [1.165, 1.54) is 0 Å². The van der Waals surface area contributed by atoms with Crippen molar-refractivity contribution in [2.75, 3.05) is 13.1 Å². The number of hydrogen-bond donors (Lipinski definition) is 0. The molecule has 29 heavy (non-hydrogen) atoms. The zero-order valence-electron chi connectivity index (χ0n) is 17.0. The average molecular weight is 386 g/mol. The summed E-state index contributed by atoms with van der Waals surface area (Å²) in [5, 5.41) is 0. The second-order valence-electron chi connectivity index (χ2n) is 7.87. The average Bonchev–Trinajstić information content (AvgIpc) is 2.79. The first-order valence-electron chi connectivity index (χ1n) is 10.2. The van der Waals surface area contributed by atoms with Gasteiger partial charge in [-0.15, -0.1) is 0 Å². The molecule has 2 aromatic heterocycles. The first-order chi connectivity index (χ1) is 14.1. The third-order valence-corrected chi connectivity index (χ3v) is 5.46. The number of piperidine rings is 1. The lowest BCUT2D eigenvalue weighted by Crippen LogP contribution is -2.41. The summed E-state index contributed by atoms with van der Waals surface area (Å²) in [4.78, 5) is 28.4. The van der Waals surface area contributed by atoms with Gasteiger partial charge in [0.15, 0.2) is 5.82 Å². The third-order valence-electron chi connectivity index (χ3n) is 5.46. The van der Waals surface area contributed by atoms with Gasteiger partial charge in [0, 0.05) is 54.6 Å². The van der Waals surface area contributed by atoms with Crippen LogP contribution < -0.4 is 0 Å². The fourth-order valence-electron chi connectivity index (χ4n) is 3.95. The molecule has 0 saturated carbocycles. The van der Waals surface area contributed by atoms with Crippen LogP contribution in [0, 0.1) is 5.92 Å². The molecule has 0 spiro atoms. The van der Waals surface area contributed by atoms with E-state index in [1.54, 1.807) is 12.4 Å². The maximum absolute atomic E-state index is 12.6. The quantitative estimate of drug-likeness (QED) is 0.659. The van der Waals surface area contributed by atoms with E-state index in [0.717, 1.165) is 47.6 Å². The lowest BCUT2D eigenvalue weighted by atomic mass is 9.89. The minimum Gasteiger partial charge on any atom is -0.342 e. The molecule has 1 aliphatic heterocycles. The maximum Gasteiger partial charge on any atom is 0.225 e. The highest BCUT2D eigenvalue weighted by molar-refractivity contribution is 5.78. The first-order valence-corrected chi connectivity index (χ1v) is 10.2. The van der Waals surface area contributed by atoms with E-state index in [9.17, 15) is 4.79 Å². The number of amides is 1. The minimum atomic E-state index is 0.0127. The molecule has 148 valence electrons. The predicted octanol–water partition coefficient (Wildman–Crippen LogP) is 4.57. The van der Waals surface area contributed by atoms with Crippen molar-refractivity contribution in [1.82, 2.24) is 19.9 Å². The molecule has 1 fully saturated rings. The van der Waals surface area contributed by atoms with Crippen LogP contribution >= 0.6 is 0 Å². The second-order valence-corrected chi connectivity index (χ2v) is 7.87. The number of rotatable bonds is 4. The zero-order chi connectivity index (χ0) is 20.2. The Balaban J connectivity index is 1.75. The van der Waals surface area contributed by atoms with Crippen molar-refractivity contribution in [1.29, 1.82) is 0 Å². The molecule has 0 bridgehead atoms. The van der Waals surface area contributed by atoms with Crippen LogP contribution in [0.4, 0.5) is 0 Å². The van der Waals surface area contributed by atoms with Gasteiger partial charge in [-0.25, -0.2) is 9.97 Å². The van der Waals surface area contributed by atoms with Gasteiger partial charge in [0.1, 0.15) is 0 Å². The highest BCUT2D eigenvalue weighted by Crippen LogP contribution is 2.34. The van der Waals surface area contributed by atoms with Crippen LogP contribution in [0.3, 0.4) is 0 Å². The Hall–Kier alpha value is -3.08. The Labute approximate surface area is 171 Å². The number of nitrogens with zero attached hydrogens (tertiary/aromatic N) is 4. The molecule has 5 heteroatoms. The molecular formula is C24H26N4O. The Morgan fingerprint density at radius 3 is 2.55 bits per heavy atom. The topological polar surface area (TPSA) is 59.0 Å². The molecule has 3 heterocycles. The van der Waals surface area contributed by atoms with E-state index in [-0.39, 0.29) is 17.7 Å². The lowest BCUT2D eigenvalue weighted by Gasteiger charge is -2.34. The van der Waals surface area contributed by atoms with Crippen LogP contribution in [-0.4, -0.2) is 38.8 Å². The minimum absolute atomic E-state index is 0.0127. The third kappa shape index (κ3) is 4.19. The van der Waals surface area contributed by atoms with Gasteiger partial charge in [0.2, 0.25) is 5.91 Å². The van der Waals surface area contributed by atoms with Gasteiger partial charge in [-0.05, 0) is 30.5 Å². The van der Waals surface area contributed by atoms with Gasteiger partial charge in [0.25, 0.3) is 0 Å². The molecule has 1 saturated heterocycles. The van der Waals surface area contributed by atoms with Crippen molar-refractivity contribution in [3.05, 3.63) is 66.7 Å². The van der Waals surface area contributed by atoms with Crippen molar-refractivity contribution in [3.8, 4) is 22.5 Å². The summed E-state index contributed by atoms with van der Waals surface area (Å²) in [6.45, 7) is 5.47. The Bertz CT molecular complexity index is 973. The summed E-state index contributed by atoms with van der Waals surface area (Å²) in [6, 6.07) is 14.0. The summed E-state index contributed by atoms with van der Waals surface area (Å²) >= 11 is 0. The highest BCUT2D eigenvalue weighted by Gasteiger charge is 2.29. The Morgan fingerprint density at radius 2 is 1.83 bits per heavy atom. The molecule has 4 rings (SSSR count). The smallest absolute Gasteiger partial charge is 0.225 e. The van der Waals surface area contributed by atoms with E-state index in [4.69, 9.17) is 4.98 Å². The van der Waals surface area contributed by atoms with Gasteiger partial charge in [-0.2, -0.15) is 0 Å². The summed E-state index contributed by atoms with van der Waals surface area (Å²) in [5.74, 6) is 1.15. The fraction of sp³-hybridized carbons (Fsp3) is 0.333. The van der Waals surface area contributed by atoms with Gasteiger partial charge >= 0.3 is 0 Å². The second kappa shape index (κ2) is 8.52. The maximum atomic E-state index is 12.6. The molecule has 5 nitrogen and oxygen atoms in total. The van der Waals surface area contributed by atoms with E-state index in [1.807, 2.05) is 67.4 Å². The van der Waals surface area contributed by atoms with Gasteiger partial charge in [0.05, 0.1) is 5.69 Å². The summed E-state index contributed by atoms with van der Waals surface area (Å²) in [6.07, 6.45) is 7.51. The van der Waals surface area contributed by atoms with Crippen LogP contribution in [-0.2, 0) is 4.79 Å². The molecule has 1 aliphatic rings. The molecule has 1 unspecified atom stereocenters. The van der Waals surface area contributed by atoms with Crippen LogP contribution in [0.2, 0.25) is 0 Å². The number of carbonyl (C=O) groups excluding carboxylic acids is 1. The van der Waals surface area contributed by atoms with Crippen molar-refractivity contribution >= 4 is 5.91 Å². The molecule has 0 radical (unpaired) electrons. The number of benzene rings is 1. The first kappa shape index (κ1) is 19.2. The Kier molecular flexibility index (Phi) is 5.65. The number of likely N-dealkylation sites (tertiary alicyclic amines) is 1. The summed E-state index contributed by atoms with van der Waals surface area (Å²) < 4.78 is 0. The van der Waals surface area contributed by atoms with Crippen LogP contribution in [0.1, 0.15) is 38.3 Å². The molecule has 1 atom stereocenters. The van der Waals surface area contributed by atoms with E-state index in [2.05, 4.69) is 9.97 Å². The number of pyridine rings is 1. The predicted molar refractivity (Wildman–Crippen MR) is 114 cm³/mol. The number of hydrogen-bond acceptors (Lipinski definition) is 4. The van der Waals surface area contributed by atoms with Crippen molar-refractivity contribution in [3.63, 3.8) is 0 Å². The molecular weight excluding hydrogens is 360 g/mol. The Morgan fingerprint density at radius 1 is 1.07 bits per heavy atom. The van der Waals surface area contributed by atoms with Gasteiger partial charge in [-0.3, -0.25) is 9.78 Å². The van der Waals surface area contributed by atoms with Gasteiger partial charge in [-0.1, -0.05) is 44.2 Å². The van der Waals surface area contributed by atoms with Crippen LogP contribution in [0.5, 0.6) is 0 Å². The molecule has 0 aliphatic carbocycles. The molecule has 3 aromatic rings. The number of aromatic nitrogens is 3. The summed E-state index contributed by atoms with van der Waals surface area (Å²) in [7, 11) is 0. The fourth-order valence-corrected chi connectivity index (χ4v) is 3.95. The monoisotopic (exact) mass is 386 g/mol.